The standard InChI is InChI=1S/C11H8Cl2N2O/c1-5-4-6(11(14)16)9-7(12)2-3-8(13)10(9)15-5/h2-4H,1H3,(H2,14,16). The zero-order valence-electron chi connectivity index (χ0n) is 8.42. The van der Waals surface area contributed by atoms with Crippen LogP contribution in [0.3, 0.4) is 0 Å². The second kappa shape index (κ2) is 3.92. The van der Waals surface area contributed by atoms with Crippen LogP contribution in [0.5, 0.6) is 0 Å². The van der Waals surface area contributed by atoms with Gasteiger partial charge in [-0.3, -0.25) is 9.78 Å². The molecular weight excluding hydrogens is 247 g/mol. The summed E-state index contributed by atoms with van der Waals surface area (Å²) in [5.74, 6) is -0.542. The van der Waals surface area contributed by atoms with Crippen LogP contribution in [-0.4, -0.2) is 10.9 Å². The minimum Gasteiger partial charge on any atom is -0.366 e. The lowest BCUT2D eigenvalue weighted by molar-refractivity contribution is 0.100. The second-order valence-electron chi connectivity index (χ2n) is 3.43. The van der Waals surface area contributed by atoms with E-state index in [-0.39, 0.29) is 0 Å². The number of carbonyl (C=O) groups is 1. The number of aryl methyl sites for hydroxylation is 1. The number of carbonyl (C=O) groups excluding carboxylic acids is 1. The zero-order valence-corrected chi connectivity index (χ0v) is 9.93. The summed E-state index contributed by atoms with van der Waals surface area (Å²) in [5, 5.41) is 1.37. The van der Waals surface area contributed by atoms with Crippen molar-refractivity contribution in [2.45, 2.75) is 6.92 Å². The van der Waals surface area contributed by atoms with Crippen molar-refractivity contribution in [2.24, 2.45) is 5.73 Å². The SMILES string of the molecule is Cc1cc(C(N)=O)c2c(Cl)ccc(Cl)c2n1. The molecule has 0 radical (unpaired) electrons. The van der Waals surface area contributed by atoms with Crippen LogP contribution < -0.4 is 5.73 Å². The molecule has 0 aliphatic rings. The number of amides is 1. The summed E-state index contributed by atoms with van der Waals surface area (Å²) in [7, 11) is 0. The molecule has 3 nitrogen and oxygen atoms in total. The number of benzene rings is 1. The number of halogens is 2. The monoisotopic (exact) mass is 254 g/mol. The number of fused-ring (bicyclic) bond motifs is 1. The minimum atomic E-state index is -0.542. The molecule has 1 aromatic carbocycles. The van der Waals surface area contributed by atoms with Crippen molar-refractivity contribution in [1.29, 1.82) is 0 Å². The van der Waals surface area contributed by atoms with E-state index in [2.05, 4.69) is 4.98 Å². The van der Waals surface area contributed by atoms with Crippen molar-refractivity contribution in [3.63, 3.8) is 0 Å². The number of nitrogens with zero attached hydrogens (tertiary/aromatic N) is 1. The lowest BCUT2D eigenvalue weighted by Gasteiger charge is -2.07. The first-order chi connectivity index (χ1) is 7.50. The van der Waals surface area contributed by atoms with Gasteiger partial charge in [0.2, 0.25) is 5.91 Å². The van der Waals surface area contributed by atoms with Crippen molar-refractivity contribution in [2.75, 3.05) is 0 Å². The largest absolute Gasteiger partial charge is 0.366 e. The lowest BCUT2D eigenvalue weighted by atomic mass is 10.1. The molecule has 2 aromatic rings. The first-order valence-corrected chi connectivity index (χ1v) is 5.31. The van der Waals surface area contributed by atoms with E-state index < -0.39 is 5.91 Å². The molecule has 0 aliphatic heterocycles. The number of rotatable bonds is 1. The molecule has 16 heavy (non-hydrogen) atoms. The first kappa shape index (κ1) is 11.2. The van der Waals surface area contributed by atoms with Crippen molar-refractivity contribution in [3.05, 3.63) is 39.5 Å². The number of aromatic nitrogens is 1. The van der Waals surface area contributed by atoms with Gasteiger partial charge in [0.1, 0.15) is 0 Å². The van der Waals surface area contributed by atoms with Crippen molar-refractivity contribution >= 4 is 40.0 Å². The highest BCUT2D eigenvalue weighted by Gasteiger charge is 2.14. The molecule has 2 N–H and O–H groups in total. The molecule has 5 heteroatoms. The van der Waals surface area contributed by atoms with E-state index in [4.69, 9.17) is 28.9 Å². The van der Waals surface area contributed by atoms with Gasteiger partial charge in [0.25, 0.3) is 0 Å². The summed E-state index contributed by atoms with van der Waals surface area (Å²) in [5.41, 5.74) is 6.82. The Hall–Kier alpha value is -1.32. The number of pyridine rings is 1. The van der Waals surface area contributed by atoms with E-state index in [1.54, 1.807) is 25.1 Å². The van der Waals surface area contributed by atoms with Crippen LogP contribution in [0.1, 0.15) is 16.1 Å². The van der Waals surface area contributed by atoms with Gasteiger partial charge in [-0.1, -0.05) is 23.2 Å². The highest BCUT2D eigenvalue weighted by Crippen LogP contribution is 2.31. The van der Waals surface area contributed by atoms with E-state index in [9.17, 15) is 4.79 Å². The van der Waals surface area contributed by atoms with Crippen LogP contribution in [0.25, 0.3) is 10.9 Å². The number of hydrogen-bond donors (Lipinski definition) is 1. The minimum absolute atomic E-state index is 0.343. The molecular formula is C11H8Cl2N2O. The van der Waals surface area contributed by atoms with E-state index in [0.29, 0.717) is 32.2 Å². The van der Waals surface area contributed by atoms with Crippen LogP contribution in [0.4, 0.5) is 0 Å². The van der Waals surface area contributed by atoms with Gasteiger partial charge in [-0.15, -0.1) is 0 Å². The molecule has 0 aliphatic carbocycles. The van der Waals surface area contributed by atoms with Gasteiger partial charge in [0.15, 0.2) is 0 Å². The van der Waals surface area contributed by atoms with Crippen LogP contribution in [0.15, 0.2) is 18.2 Å². The maximum absolute atomic E-state index is 11.3. The van der Waals surface area contributed by atoms with Gasteiger partial charge >= 0.3 is 0 Å². The molecule has 1 heterocycles. The molecule has 0 spiro atoms. The maximum Gasteiger partial charge on any atom is 0.249 e. The molecule has 0 unspecified atom stereocenters. The Kier molecular flexibility index (Phi) is 2.74. The predicted octanol–water partition coefficient (Wildman–Crippen LogP) is 2.95. The molecule has 0 fully saturated rings. The fourth-order valence-corrected chi connectivity index (χ4v) is 2.04. The quantitative estimate of drug-likeness (QED) is 0.851. The van der Waals surface area contributed by atoms with E-state index >= 15 is 0 Å². The Morgan fingerprint density at radius 1 is 1.31 bits per heavy atom. The number of hydrogen-bond acceptors (Lipinski definition) is 2. The summed E-state index contributed by atoms with van der Waals surface area (Å²) < 4.78 is 0. The molecule has 0 saturated heterocycles. The summed E-state index contributed by atoms with van der Waals surface area (Å²) in [6.45, 7) is 1.77. The Morgan fingerprint density at radius 3 is 2.56 bits per heavy atom. The number of primary amides is 1. The fourth-order valence-electron chi connectivity index (χ4n) is 1.59. The van der Waals surface area contributed by atoms with Gasteiger partial charge in [0.05, 0.1) is 21.1 Å². The third-order valence-corrected chi connectivity index (χ3v) is 2.87. The second-order valence-corrected chi connectivity index (χ2v) is 4.24. The molecule has 1 amide bonds. The van der Waals surface area contributed by atoms with Gasteiger partial charge in [0, 0.05) is 11.1 Å². The predicted molar refractivity (Wildman–Crippen MR) is 65.0 cm³/mol. The molecule has 82 valence electrons. The topological polar surface area (TPSA) is 56.0 Å². The highest BCUT2D eigenvalue weighted by atomic mass is 35.5. The van der Waals surface area contributed by atoms with Crippen molar-refractivity contribution < 1.29 is 4.79 Å². The zero-order chi connectivity index (χ0) is 11.9. The Bertz CT molecular complexity index is 596. The van der Waals surface area contributed by atoms with Crippen molar-refractivity contribution in [3.8, 4) is 0 Å². The van der Waals surface area contributed by atoms with Gasteiger partial charge in [-0.25, -0.2) is 0 Å². The molecule has 1 aromatic heterocycles. The molecule has 2 rings (SSSR count). The Morgan fingerprint density at radius 2 is 1.94 bits per heavy atom. The Labute approximate surface area is 102 Å². The smallest absolute Gasteiger partial charge is 0.249 e. The fraction of sp³-hybridized carbons (Fsp3) is 0.0909. The van der Waals surface area contributed by atoms with Crippen LogP contribution in [-0.2, 0) is 0 Å². The summed E-state index contributed by atoms with van der Waals surface area (Å²) in [6, 6.07) is 4.87. The highest BCUT2D eigenvalue weighted by molar-refractivity contribution is 6.41. The van der Waals surface area contributed by atoms with E-state index in [1.807, 2.05) is 0 Å². The third-order valence-electron chi connectivity index (χ3n) is 2.25. The van der Waals surface area contributed by atoms with Crippen LogP contribution in [0.2, 0.25) is 10.0 Å². The van der Waals surface area contributed by atoms with Gasteiger partial charge < -0.3 is 5.73 Å². The van der Waals surface area contributed by atoms with E-state index in [1.165, 1.54) is 0 Å². The third kappa shape index (κ3) is 1.72. The van der Waals surface area contributed by atoms with Crippen LogP contribution >= 0.6 is 23.2 Å². The molecule has 0 bridgehead atoms. The molecule has 0 saturated carbocycles. The average Bonchev–Trinajstić information content (AvgIpc) is 2.22. The van der Waals surface area contributed by atoms with Gasteiger partial charge in [-0.05, 0) is 25.1 Å². The summed E-state index contributed by atoms with van der Waals surface area (Å²) in [4.78, 5) is 15.6. The first-order valence-electron chi connectivity index (χ1n) is 4.56. The summed E-state index contributed by atoms with van der Waals surface area (Å²) >= 11 is 12.0. The van der Waals surface area contributed by atoms with Crippen LogP contribution in [0, 0.1) is 6.92 Å². The summed E-state index contributed by atoms with van der Waals surface area (Å²) in [6.07, 6.45) is 0. The molecule has 0 atom stereocenters. The number of nitrogens with two attached hydrogens (primary N) is 1. The average molecular weight is 255 g/mol. The maximum atomic E-state index is 11.3. The van der Waals surface area contributed by atoms with Crippen molar-refractivity contribution in [1.82, 2.24) is 4.98 Å². The van der Waals surface area contributed by atoms with E-state index in [0.717, 1.165) is 0 Å². The normalized spacial score (nSPS) is 10.7. The Balaban J connectivity index is 3.00. The van der Waals surface area contributed by atoms with Gasteiger partial charge in [-0.2, -0.15) is 0 Å². The lowest BCUT2D eigenvalue weighted by Crippen LogP contribution is -2.12.